The van der Waals surface area contributed by atoms with E-state index in [0.29, 0.717) is 10.8 Å². The largest absolute Gasteiger partial charge is 0.360 e. The van der Waals surface area contributed by atoms with Crippen molar-refractivity contribution in [1.29, 1.82) is 0 Å². The SMILES string of the molecule is O=c1ccc2ccc3[nH]cc(C4=CSCC4)cc3c(=O)c2c1. The van der Waals surface area contributed by atoms with E-state index in [0.717, 1.165) is 28.6 Å². The van der Waals surface area contributed by atoms with E-state index < -0.39 is 0 Å². The van der Waals surface area contributed by atoms with Crippen LogP contribution < -0.4 is 10.9 Å². The third-order valence-corrected chi connectivity index (χ3v) is 4.89. The summed E-state index contributed by atoms with van der Waals surface area (Å²) < 4.78 is 0. The normalized spacial score (nSPS) is 14.5. The first-order valence-electron chi connectivity index (χ1n) is 7.13. The predicted octanol–water partition coefficient (Wildman–Crippen LogP) is 3.52. The fourth-order valence-corrected chi connectivity index (χ4v) is 3.73. The van der Waals surface area contributed by atoms with E-state index in [2.05, 4.69) is 10.4 Å². The number of nitrogens with one attached hydrogen (secondary N) is 1. The quantitative estimate of drug-likeness (QED) is 0.748. The number of aromatic amines is 1. The maximum absolute atomic E-state index is 12.8. The van der Waals surface area contributed by atoms with Crippen molar-refractivity contribution in [3.8, 4) is 0 Å². The summed E-state index contributed by atoms with van der Waals surface area (Å²) in [5, 5.41) is 4.03. The maximum Gasteiger partial charge on any atom is 0.195 e. The summed E-state index contributed by atoms with van der Waals surface area (Å²) in [7, 11) is 0. The zero-order chi connectivity index (χ0) is 15.1. The molecule has 0 saturated heterocycles. The standard InChI is InChI=1S/C18H13NO2S/c20-14-3-1-11-2-4-17-16(18(21)15(11)8-14)7-13(9-19-17)12-5-6-22-10-12/h1-4,7-10,19H,5-6H2. The number of thioether (sulfide) groups is 1. The van der Waals surface area contributed by atoms with E-state index in [1.165, 1.54) is 17.7 Å². The van der Waals surface area contributed by atoms with Crippen LogP contribution in [0.4, 0.5) is 0 Å². The molecule has 0 aliphatic carbocycles. The predicted molar refractivity (Wildman–Crippen MR) is 93.4 cm³/mol. The molecule has 4 heteroatoms. The Bertz CT molecular complexity index is 1050. The molecule has 4 rings (SSSR count). The molecule has 108 valence electrons. The van der Waals surface area contributed by atoms with Crippen molar-refractivity contribution >= 4 is 39.0 Å². The number of H-pyrrole nitrogens is 1. The summed E-state index contributed by atoms with van der Waals surface area (Å²) in [5.41, 5.74) is 2.84. The first-order valence-corrected chi connectivity index (χ1v) is 8.18. The molecule has 1 aromatic heterocycles. The molecule has 0 unspecified atom stereocenters. The molecule has 1 aliphatic rings. The smallest absolute Gasteiger partial charge is 0.195 e. The molecule has 0 radical (unpaired) electrons. The van der Waals surface area contributed by atoms with E-state index in [9.17, 15) is 9.59 Å². The Hall–Kier alpha value is -2.33. The number of rotatable bonds is 1. The maximum atomic E-state index is 12.8. The second kappa shape index (κ2) is 5.14. The molecule has 0 fully saturated rings. The van der Waals surface area contributed by atoms with Gasteiger partial charge in [0.15, 0.2) is 10.9 Å². The molecule has 0 atom stereocenters. The van der Waals surface area contributed by atoms with E-state index in [4.69, 9.17) is 0 Å². The lowest BCUT2D eigenvalue weighted by Gasteiger charge is -2.02. The molecular formula is C18H13NO2S. The lowest BCUT2D eigenvalue weighted by molar-refractivity contribution is 1.27. The van der Waals surface area contributed by atoms with Crippen LogP contribution in [-0.2, 0) is 0 Å². The Morgan fingerprint density at radius 3 is 2.68 bits per heavy atom. The van der Waals surface area contributed by atoms with Crippen LogP contribution in [0.25, 0.3) is 27.2 Å². The number of fused-ring (bicyclic) bond motifs is 2. The van der Waals surface area contributed by atoms with Gasteiger partial charge in [-0.3, -0.25) is 9.59 Å². The zero-order valence-electron chi connectivity index (χ0n) is 11.8. The molecular weight excluding hydrogens is 294 g/mol. The summed E-state index contributed by atoms with van der Waals surface area (Å²) in [4.78, 5) is 27.6. The minimum absolute atomic E-state index is 0.1000. The highest BCUT2D eigenvalue weighted by Gasteiger charge is 2.10. The third-order valence-electron chi connectivity index (χ3n) is 4.00. The van der Waals surface area contributed by atoms with Gasteiger partial charge in [-0.25, -0.2) is 0 Å². The highest BCUT2D eigenvalue weighted by Crippen LogP contribution is 2.30. The highest BCUT2D eigenvalue weighted by atomic mass is 32.2. The molecule has 1 aliphatic heterocycles. The molecule has 0 saturated carbocycles. The molecule has 0 bridgehead atoms. The van der Waals surface area contributed by atoms with Gasteiger partial charge in [-0.2, -0.15) is 0 Å². The van der Waals surface area contributed by atoms with Crippen LogP contribution in [0, 0.1) is 0 Å². The Labute approximate surface area is 130 Å². The minimum Gasteiger partial charge on any atom is -0.360 e. The molecule has 3 nitrogen and oxygen atoms in total. The number of benzene rings is 1. The Balaban J connectivity index is 2.10. The number of hydrogen-bond donors (Lipinski definition) is 1. The Kier molecular flexibility index (Phi) is 3.12. The van der Waals surface area contributed by atoms with Crippen molar-refractivity contribution in [2.45, 2.75) is 6.42 Å². The van der Waals surface area contributed by atoms with Crippen molar-refractivity contribution in [2.75, 3.05) is 5.75 Å². The fraction of sp³-hybridized carbons (Fsp3) is 0.111. The summed E-state index contributed by atoms with van der Waals surface area (Å²) in [6.07, 6.45) is 2.96. The summed E-state index contributed by atoms with van der Waals surface area (Å²) in [6.45, 7) is 0. The van der Waals surface area contributed by atoms with E-state index in [-0.39, 0.29) is 10.9 Å². The van der Waals surface area contributed by atoms with Gasteiger partial charge in [0.05, 0.1) is 0 Å². The molecule has 0 spiro atoms. The van der Waals surface area contributed by atoms with Crippen LogP contribution in [0.1, 0.15) is 12.0 Å². The first-order chi connectivity index (χ1) is 10.7. The lowest BCUT2D eigenvalue weighted by atomic mass is 10.1. The van der Waals surface area contributed by atoms with E-state index in [1.54, 1.807) is 17.8 Å². The number of pyridine rings is 1. The van der Waals surface area contributed by atoms with E-state index in [1.807, 2.05) is 24.4 Å². The van der Waals surface area contributed by atoms with Crippen LogP contribution in [0.2, 0.25) is 0 Å². The van der Waals surface area contributed by atoms with Crippen molar-refractivity contribution in [3.05, 3.63) is 74.0 Å². The topological polar surface area (TPSA) is 49.9 Å². The average Bonchev–Trinajstić information content (AvgIpc) is 3.03. The summed E-state index contributed by atoms with van der Waals surface area (Å²) in [5.74, 6) is 1.09. The molecule has 2 aromatic carbocycles. The minimum atomic E-state index is -0.140. The van der Waals surface area contributed by atoms with Crippen LogP contribution in [0.15, 0.2) is 57.6 Å². The van der Waals surface area contributed by atoms with Gasteiger partial charge in [0.25, 0.3) is 0 Å². The van der Waals surface area contributed by atoms with Gasteiger partial charge in [-0.15, -0.1) is 11.8 Å². The second-order valence-corrected chi connectivity index (χ2v) is 6.37. The molecule has 22 heavy (non-hydrogen) atoms. The van der Waals surface area contributed by atoms with Gasteiger partial charge in [-0.05, 0) is 52.6 Å². The van der Waals surface area contributed by atoms with Crippen LogP contribution in [0.5, 0.6) is 0 Å². The zero-order valence-corrected chi connectivity index (χ0v) is 12.6. The van der Waals surface area contributed by atoms with Gasteiger partial charge in [-0.1, -0.05) is 12.1 Å². The first kappa shape index (κ1) is 13.3. The highest BCUT2D eigenvalue weighted by molar-refractivity contribution is 8.02. The Morgan fingerprint density at radius 2 is 1.86 bits per heavy atom. The van der Waals surface area contributed by atoms with Gasteiger partial charge in [0.2, 0.25) is 0 Å². The number of allylic oxidation sites excluding steroid dienone is 1. The van der Waals surface area contributed by atoms with Gasteiger partial charge >= 0.3 is 0 Å². The number of hydrogen-bond acceptors (Lipinski definition) is 3. The van der Waals surface area contributed by atoms with Crippen LogP contribution >= 0.6 is 11.8 Å². The van der Waals surface area contributed by atoms with Crippen LogP contribution in [-0.4, -0.2) is 10.7 Å². The summed E-state index contributed by atoms with van der Waals surface area (Å²) >= 11 is 1.79. The van der Waals surface area contributed by atoms with Crippen molar-refractivity contribution in [2.24, 2.45) is 0 Å². The second-order valence-electron chi connectivity index (χ2n) is 5.39. The Morgan fingerprint density at radius 1 is 1.00 bits per heavy atom. The van der Waals surface area contributed by atoms with Crippen molar-refractivity contribution in [1.82, 2.24) is 4.98 Å². The van der Waals surface area contributed by atoms with Gasteiger partial charge in [0.1, 0.15) is 0 Å². The van der Waals surface area contributed by atoms with Gasteiger partial charge in [0, 0.05) is 28.2 Å². The van der Waals surface area contributed by atoms with Crippen LogP contribution in [0.3, 0.4) is 0 Å². The number of aromatic nitrogens is 1. The monoisotopic (exact) mass is 307 g/mol. The summed E-state index contributed by atoms with van der Waals surface area (Å²) in [6, 6.07) is 10.3. The molecule has 3 aromatic rings. The lowest BCUT2D eigenvalue weighted by Crippen LogP contribution is -2.04. The molecule has 1 N–H and O–H groups in total. The third kappa shape index (κ3) is 2.16. The van der Waals surface area contributed by atoms with Crippen molar-refractivity contribution in [3.63, 3.8) is 0 Å². The molecule has 2 heterocycles. The average molecular weight is 307 g/mol. The fourth-order valence-electron chi connectivity index (χ4n) is 2.81. The molecule has 0 amide bonds. The van der Waals surface area contributed by atoms with E-state index >= 15 is 0 Å². The van der Waals surface area contributed by atoms with Gasteiger partial charge < -0.3 is 4.98 Å². The van der Waals surface area contributed by atoms with Crippen molar-refractivity contribution < 1.29 is 0 Å².